The number of nitrogens with one attached hydrogen (secondary N) is 2. The molecule has 3 aromatic rings. The lowest BCUT2D eigenvalue weighted by atomic mass is 10.1. The molecule has 84 heavy (non-hydrogen) atoms. The minimum absolute atomic E-state index is 0.234. The minimum Gasteiger partial charge on any atom is -0.492 e. The van der Waals surface area contributed by atoms with Gasteiger partial charge in [0.25, 0.3) is 0 Å². The van der Waals surface area contributed by atoms with Crippen molar-refractivity contribution in [2.75, 3.05) is 115 Å². The lowest BCUT2D eigenvalue weighted by molar-refractivity contribution is 0.0699. The Morgan fingerprint density at radius 1 is 0.417 bits per heavy atom. The summed E-state index contributed by atoms with van der Waals surface area (Å²) in [6, 6.07) is 21.5. The maximum Gasteiger partial charge on any atom is 0.500 e. The zero-order chi connectivity index (χ0) is 60.9. The average Bonchev–Trinajstić information content (AvgIpc) is 3.55. The fraction of sp³-hybridized carbons (Fsp3) is 0.636. The number of alkyl carbamates (subject to hydrolysis) is 2. The van der Waals surface area contributed by atoms with Crippen LogP contribution in [0.4, 0.5) is 21.0 Å². The highest BCUT2D eigenvalue weighted by Crippen LogP contribution is 2.30. The molecule has 0 bridgehead atoms. The van der Waals surface area contributed by atoms with Crippen molar-refractivity contribution in [3.05, 3.63) is 82.9 Å². The molecule has 0 unspecified atom stereocenters. The number of likely N-dealkylation sites (N-methyl/N-ethyl adjacent to an activating group) is 2. The number of nitrogens with zero attached hydrogens (tertiary/aromatic N) is 2. The summed E-state index contributed by atoms with van der Waals surface area (Å²) in [4.78, 5) is 29.6. The van der Waals surface area contributed by atoms with Gasteiger partial charge in [-0.25, -0.2) is 9.59 Å². The van der Waals surface area contributed by atoms with Gasteiger partial charge in [-0.1, -0.05) is 102 Å². The lowest BCUT2D eigenvalue weighted by Gasteiger charge is -2.28. The number of ether oxygens (including phenoxy) is 4. The summed E-state index contributed by atoms with van der Waals surface area (Å²) in [5, 5.41) is 5.72. The molecule has 18 heteroatoms. The monoisotopic (exact) mass is 1200 g/mol. The molecule has 0 fully saturated rings. The van der Waals surface area contributed by atoms with Gasteiger partial charge in [0, 0.05) is 113 Å². The van der Waals surface area contributed by atoms with E-state index in [4.69, 9.17) is 45.5 Å². The summed E-state index contributed by atoms with van der Waals surface area (Å²) in [6.07, 6.45) is 14.3. The van der Waals surface area contributed by atoms with Crippen LogP contribution >= 0.6 is 0 Å². The number of unbranched alkanes of at least 4 members (excludes halogenated alkanes) is 10. The molecule has 0 spiro atoms. The smallest absolute Gasteiger partial charge is 0.492 e. The lowest BCUT2D eigenvalue weighted by Crippen LogP contribution is -2.46. The van der Waals surface area contributed by atoms with Crippen molar-refractivity contribution in [3.63, 3.8) is 0 Å². The first-order valence-electron chi connectivity index (χ1n) is 31.8. The Labute approximate surface area is 509 Å². The van der Waals surface area contributed by atoms with Crippen molar-refractivity contribution in [1.29, 1.82) is 0 Å². The second kappa shape index (κ2) is 45.1. The molecule has 2 amide bonds. The van der Waals surface area contributed by atoms with Gasteiger partial charge in [-0.2, -0.15) is 0 Å². The summed E-state index contributed by atoms with van der Waals surface area (Å²) in [5.41, 5.74) is 5.21. The maximum absolute atomic E-state index is 12.6. The number of rotatable bonds is 46. The van der Waals surface area contributed by atoms with Crippen LogP contribution in [-0.4, -0.2) is 135 Å². The standard InChI is InChI=1S/C66H106N4O12Si2/c1-11-21-23-25-27-29-49-73-63-55-60(40-34-58-37-43-62(44-38-58)70(14-4)48-52-76-66(72)68-46-32-54-84(80-18-8,81-19-9)82-20-10)64(74-50-30-28-26-24-22-12-2)56-59(63)39-33-57-35-41-61(42-36-57)69(13-3)47-51-75-65(71)67-45-31-53-83(77-15-5,78-16-6)79-17-7/h35-38,41-44,55-56H,11-32,45-54H2,1-10H3,(H,67,71)(H,68,72). The summed E-state index contributed by atoms with van der Waals surface area (Å²) < 4.78 is 59.9. The van der Waals surface area contributed by atoms with Crippen molar-refractivity contribution in [2.24, 2.45) is 0 Å². The Bertz CT molecular complexity index is 2160. The van der Waals surface area contributed by atoms with E-state index in [2.05, 4.69) is 96.1 Å². The third kappa shape index (κ3) is 29.2. The first-order chi connectivity index (χ1) is 41.0. The van der Waals surface area contributed by atoms with Gasteiger partial charge >= 0.3 is 29.8 Å². The van der Waals surface area contributed by atoms with E-state index in [-0.39, 0.29) is 13.2 Å². The van der Waals surface area contributed by atoms with Crippen molar-refractivity contribution in [3.8, 4) is 35.2 Å². The molecule has 0 heterocycles. The fourth-order valence-electron chi connectivity index (χ4n) is 9.45. The van der Waals surface area contributed by atoms with Gasteiger partial charge in [0.1, 0.15) is 24.7 Å². The van der Waals surface area contributed by atoms with Crippen molar-refractivity contribution in [1.82, 2.24) is 10.6 Å². The van der Waals surface area contributed by atoms with Crippen LogP contribution in [0.3, 0.4) is 0 Å². The molecular formula is C66H106N4O12Si2. The number of carbonyl (C=O) groups excluding carboxylic acids is 2. The SMILES string of the molecule is CCCCCCCCOc1cc(C#Cc2ccc(N(CC)CCOC(=O)NCCC[Si](OCC)(OCC)OCC)cc2)c(OCCCCCCCC)cc1C#Cc1ccc(N(CC)CCOC(=O)NCCC[Si](OCC)(OCC)OCC)cc1. The van der Waals surface area contributed by atoms with Crippen LogP contribution in [0, 0.1) is 23.7 Å². The first kappa shape index (κ1) is 73.0. The second-order valence-electron chi connectivity index (χ2n) is 20.1. The third-order valence-electron chi connectivity index (χ3n) is 13.7. The Hall–Kier alpha value is -5.29. The van der Waals surface area contributed by atoms with Crippen LogP contribution < -0.4 is 29.9 Å². The molecule has 470 valence electrons. The zero-order valence-electron chi connectivity index (χ0n) is 53.2. The zero-order valence-corrected chi connectivity index (χ0v) is 55.2. The number of hydrogen-bond donors (Lipinski definition) is 2. The van der Waals surface area contributed by atoms with Gasteiger partial charge in [-0.3, -0.25) is 0 Å². The largest absolute Gasteiger partial charge is 0.500 e. The highest BCUT2D eigenvalue weighted by Gasteiger charge is 2.40. The second-order valence-corrected chi connectivity index (χ2v) is 25.6. The molecule has 0 aliphatic rings. The number of hydrogen-bond acceptors (Lipinski definition) is 14. The number of carbonyl (C=O) groups is 2. The van der Waals surface area contributed by atoms with Crippen LogP contribution in [-0.2, 0) is 36.0 Å². The van der Waals surface area contributed by atoms with Gasteiger partial charge in [0.05, 0.1) is 37.4 Å². The predicted octanol–water partition coefficient (Wildman–Crippen LogP) is 13.9. The van der Waals surface area contributed by atoms with Crippen molar-refractivity contribution >= 4 is 41.2 Å². The molecule has 0 aliphatic carbocycles. The molecule has 0 aromatic heterocycles. The Morgan fingerprint density at radius 3 is 1.07 bits per heavy atom. The highest BCUT2D eigenvalue weighted by molar-refractivity contribution is 6.61. The van der Waals surface area contributed by atoms with Crippen molar-refractivity contribution in [2.45, 2.75) is 171 Å². The van der Waals surface area contributed by atoms with Gasteiger partial charge < -0.3 is 65.9 Å². The van der Waals surface area contributed by atoms with E-state index in [1.807, 2.05) is 77.9 Å². The third-order valence-corrected chi connectivity index (χ3v) is 20.0. The highest BCUT2D eigenvalue weighted by atomic mass is 28.4. The molecule has 0 aliphatic heterocycles. The fourth-order valence-corrected chi connectivity index (χ4v) is 14.7. The molecule has 16 nitrogen and oxygen atoms in total. The minimum atomic E-state index is -2.77. The van der Waals surface area contributed by atoms with E-state index < -0.39 is 29.8 Å². The van der Waals surface area contributed by atoms with Crippen LogP contribution in [0.15, 0.2) is 60.7 Å². The van der Waals surface area contributed by atoms with Crippen molar-refractivity contribution < 1.29 is 55.1 Å². The van der Waals surface area contributed by atoms with Crippen LogP contribution in [0.5, 0.6) is 11.5 Å². The molecule has 0 radical (unpaired) electrons. The number of benzene rings is 3. The van der Waals surface area contributed by atoms with Crippen LogP contribution in [0.25, 0.3) is 0 Å². The van der Waals surface area contributed by atoms with E-state index in [0.717, 1.165) is 72.4 Å². The molecular weight excluding hydrogens is 1100 g/mol. The molecule has 0 saturated heterocycles. The van der Waals surface area contributed by atoms with Gasteiger partial charge in [0.15, 0.2) is 0 Å². The molecule has 3 aromatic carbocycles. The van der Waals surface area contributed by atoms with E-state index in [0.29, 0.717) is 115 Å². The first-order valence-corrected chi connectivity index (χ1v) is 35.7. The Morgan fingerprint density at radius 2 is 0.750 bits per heavy atom. The number of anilines is 2. The maximum atomic E-state index is 12.6. The van der Waals surface area contributed by atoms with E-state index in [1.54, 1.807) is 0 Å². The topological polar surface area (TPSA) is 157 Å². The van der Waals surface area contributed by atoms with Crippen LogP contribution in [0.2, 0.25) is 12.1 Å². The average molecular weight is 1200 g/mol. The molecule has 3 rings (SSSR count). The summed E-state index contributed by atoms with van der Waals surface area (Å²) in [7, 11) is -5.54. The summed E-state index contributed by atoms with van der Waals surface area (Å²) >= 11 is 0. The summed E-state index contributed by atoms with van der Waals surface area (Å²) in [5.74, 6) is 15.1. The normalized spacial score (nSPS) is 11.3. The van der Waals surface area contributed by atoms with Crippen LogP contribution in [0.1, 0.15) is 181 Å². The quantitative estimate of drug-likeness (QED) is 0.0313. The molecule has 0 atom stereocenters. The van der Waals surface area contributed by atoms with E-state index in [1.165, 1.54) is 51.4 Å². The Balaban J connectivity index is 1.77. The summed E-state index contributed by atoms with van der Waals surface area (Å²) in [6.45, 7) is 28.4. The van der Waals surface area contributed by atoms with Gasteiger partial charge in [-0.15, -0.1) is 0 Å². The van der Waals surface area contributed by atoms with E-state index >= 15 is 0 Å². The molecule has 0 saturated carbocycles. The molecule has 2 N–H and O–H groups in total. The van der Waals surface area contributed by atoms with Gasteiger partial charge in [0.2, 0.25) is 0 Å². The van der Waals surface area contributed by atoms with E-state index in [9.17, 15) is 9.59 Å². The van der Waals surface area contributed by atoms with Gasteiger partial charge in [-0.05, 0) is 130 Å². The number of amides is 2. The predicted molar refractivity (Wildman–Crippen MR) is 344 cm³/mol. The Kier molecular flexibility index (Phi) is 39.2.